The van der Waals surface area contributed by atoms with Crippen molar-refractivity contribution in [3.63, 3.8) is 0 Å². The molecular weight excluding hydrogens is 204 g/mol. The molecule has 0 aliphatic carbocycles. The van der Waals surface area contributed by atoms with Crippen LogP contribution in [0.25, 0.3) is 0 Å². The largest absolute Gasteiger partial charge is 0.347 e. The van der Waals surface area contributed by atoms with E-state index in [-0.39, 0.29) is 5.91 Å². The lowest BCUT2D eigenvalue weighted by atomic mass is 10.2. The number of rotatable bonds is 3. The molecule has 1 amide bonds. The van der Waals surface area contributed by atoms with Gasteiger partial charge >= 0.3 is 0 Å². The maximum Gasteiger partial charge on any atom is 0.273 e. The molecule has 0 radical (unpaired) electrons. The molecule has 0 atom stereocenters. The lowest BCUT2D eigenvalue weighted by Crippen LogP contribution is -2.23. The monoisotopic (exact) mass is 216 g/mol. The predicted octanol–water partition coefficient (Wildman–Crippen LogP) is 0.745. The van der Waals surface area contributed by atoms with Crippen molar-refractivity contribution in [3.05, 3.63) is 47.8 Å². The third-order valence-corrected chi connectivity index (χ3v) is 2.13. The zero-order valence-electron chi connectivity index (χ0n) is 8.92. The first kappa shape index (κ1) is 10.4. The van der Waals surface area contributed by atoms with Crippen molar-refractivity contribution in [2.45, 2.75) is 6.54 Å². The summed E-state index contributed by atoms with van der Waals surface area (Å²) in [6, 6.07) is 9.72. The third kappa shape index (κ3) is 2.44. The Labute approximate surface area is 93.1 Å². The zero-order valence-corrected chi connectivity index (χ0v) is 8.92. The fourth-order valence-electron chi connectivity index (χ4n) is 1.32. The van der Waals surface area contributed by atoms with Crippen LogP contribution in [0.5, 0.6) is 0 Å². The first-order valence-corrected chi connectivity index (χ1v) is 4.94. The third-order valence-electron chi connectivity index (χ3n) is 2.13. The highest BCUT2D eigenvalue weighted by atomic mass is 16.2. The van der Waals surface area contributed by atoms with Crippen LogP contribution in [-0.2, 0) is 13.6 Å². The zero-order chi connectivity index (χ0) is 11.4. The van der Waals surface area contributed by atoms with Crippen molar-refractivity contribution >= 4 is 5.91 Å². The van der Waals surface area contributed by atoms with Crippen LogP contribution in [0.1, 0.15) is 16.1 Å². The summed E-state index contributed by atoms with van der Waals surface area (Å²) in [5.74, 6) is -0.211. The van der Waals surface area contributed by atoms with Gasteiger partial charge in [-0.05, 0) is 5.56 Å². The number of aryl methyl sites for hydroxylation is 1. The van der Waals surface area contributed by atoms with Crippen molar-refractivity contribution in [2.24, 2.45) is 7.05 Å². The summed E-state index contributed by atoms with van der Waals surface area (Å²) in [5, 5.41) is 10.5. The van der Waals surface area contributed by atoms with Gasteiger partial charge in [-0.1, -0.05) is 30.3 Å². The lowest BCUT2D eigenvalue weighted by molar-refractivity contribution is 0.0945. The summed E-state index contributed by atoms with van der Waals surface area (Å²) in [7, 11) is 1.67. The molecule has 0 saturated heterocycles. The molecular formula is C11H12N4O. The van der Waals surface area contributed by atoms with Gasteiger partial charge in [-0.15, -0.1) is 5.10 Å². The van der Waals surface area contributed by atoms with Crippen LogP contribution in [-0.4, -0.2) is 20.9 Å². The Morgan fingerprint density at radius 2 is 2.12 bits per heavy atom. The van der Waals surface area contributed by atoms with E-state index in [4.69, 9.17) is 0 Å². The van der Waals surface area contributed by atoms with Gasteiger partial charge in [-0.25, -0.2) is 0 Å². The van der Waals surface area contributed by atoms with Crippen molar-refractivity contribution in [3.8, 4) is 0 Å². The average Bonchev–Trinajstić information content (AvgIpc) is 2.74. The highest BCUT2D eigenvalue weighted by Gasteiger charge is 2.08. The molecule has 1 N–H and O–H groups in total. The van der Waals surface area contributed by atoms with E-state index in [2.05, 4.69) is 15.5 Å². The van der Waals surface area contributed by atoms with Gasteiger partial charge in [0.1, 0.15) is 0 Å². The summed E-state index contributed by atoms with van der Waals surface area (Å²) >= 11 is 0. The van der Waals surface area contributed by atoms with Gasteiger partial charge < -0.3 is 5.32 Å². The maximum atomic E-state index is 11.6. The number of nitrogens with zero attached hydrogens (tertiary/aromatic N) is 3. The Bertz CT molecular complexity index is 478. The first-order valence-electron chi connectivity index (χ1n) is 4.94. The van der Waals surface area contributed by atoms with E-state index in [0.717, 1.165) is 5.56 Å². The maximum absolute atomic E-state index is 11.6. The number of hydrogen-bond donors (Lipinski definition) is 1. The van der Waals surface area contributed by atoms with Crippen LogP contribution in [0.15, 0.2) is 36.5 Å². The molecule has 2 rings (SSSR count). The van der Waals surface area contributed by atoms with Crippen molar-refractivity contribution in [1.29, 1.82) is 0 Å². The molecule has 0 unspecified atom stereocenters. The van der Waals surface area contributed by atoms with E-state index in [1.54, 1.807) is 7.05 Å². The van der Waals surface area contributed by atoms with Crippen LogP contribution >= 0.6 is 0 Å². The standard InChI is InChI=1S/C11H12N4O/c1-15-13-8-10(14-15)11(16)12-7-9-5-3-2-4-6-9/h2-6,8H,7H2,1H3,(H,12,16). The summed E-state index contributed by atoms with van der Waals surface area (Å²) in [6.45, 7) is 0.496. The van der Waals surface area contributed by atoms with Crippen molar-refractivity contribution in [1.82, 2.24) is 20.3 Å². The number of amides is 1. The Kier molecular flexibility index (Phi) is 2.95. The number of nitrogens with one attached hydrogen (secondary N) is 1. The van der Waals surface area contributed by atoms with Crippen LogP contribution in [0.3, 0.4) is 0 Å². The summed E-state index contributed by atoms with van der Waals surface area (Å²) < 4.78 is 0. The minimum atomic E-state index is -0.211. The van der Waals surface area contributed by atoms with Crippen LogP contribution in [0.2, 0.25) is 0 Å². The quantitative estimate of drug-likeness (QED) is 0.823. The predicted molar refractivity (Wildman–Crippen MR) is 58.6 cm³/mol. The van der Waals surface area contributed by atoms with Gasteiger partial charge in [-0.3, -0.25) is 4.79 Å². The second-order valence-corrected chi connectivity index (χ2v) is 3.39. The van der Waals surface area contributed by atoms with Crippen molar-refractivity contribution in [2.75, 3.05) is 0 Å². The molecule has 1 aromatic carbocycles. The fraction of sp³-hybridized carbons (Fsp3) is 0.182. The Morgan fingerprint density at radius 3 is 2.75 bits per heavy atom. The van der Waals surface area contributed by atoms with Gasteiger partial charge in [0.05, 0.1) is 6.20 Å². The normalized spacial score (nSPS) is 10.1. The second-order valence-electron chi connectivity index (χ2n) is 3.39. The molecule has 0 fully saturated rings. The van der Waals surface area contributed by atoms with E-state index >= 15 is 0 Å². The highest BCUT2D eigenvalue weighted by molar-refractivity contribution is 5.91. The highest BCUT2D eigenvalue weighted by Crippen LogP contribution is 1.98. The fourth-order valence-corrected chi connectivity index (χ4v) is 1.32. The number of carbonyl (C=O) groups excluding carboxylic acids is 1. The van der Waals surface area contributed by atoms with Gasteiger partial charge in [0, 0.05) is 13.6 Å². The Morgan fingerprint density at radius 1 is 1.38 bits per heavy atom. The first-order chi connectivity index (χ1) is 7.75. The molecule has 5 heteroatoms. The van der Waals surface area contributed by atoms with Crippen LogP contribution < -0.4 is 5.32 Å². The van der Waals surface area contributed by atoms with Crippen LogP contribution in [0, 0.1) is 0 Å². The number of benzene rings is 1. The summed E-state index contributed by atoms with van der Waals surface area (Å²) in [4.78, 5) is 13.0. The minimum Gasteiger partial charge on any atom is -0.347 e. The van der Waals surface area contributed by atoms with E-state index in [1.165, 1.54) is 11.0 Å². The van der Waals surface area contributed by atoms with Gasteiger partial charge in [0.2, 0.25) is 0 Å². The minimum absolute atomic E-state index is 0.211. The SMILES string of the molecule is Cn1ncc(C(=O)NCc2ccccc2)n1. The number of hydrogen-bond acceptors (Lipinski definition) is 3. The molecule has 0 aliphatic heterocycles. The lowest BCUT2D eigenvalue weighted by Gasteiger charge is -2.02. The smallest absolute Gasteiger partial charge is 0.273 e. The molecule has 82 valence electrons. The second kappa shape index (κ2) is 4.57. The molecule has 1 heterocycles. The topological polar surface area (TPSA) is 59.8 Å². The van der Waals surface area contributed by atoms with Gasteiger partial charge in [0.25, 0.3) is 5.91 Å². The average molecular weight is 216 g/mol. The molecule has 5 nitrogen and oxygen atoms in total. The van der Waals surface area contributed by atoms with Crippen LogP contribution in [0.4, 0.5) is 0 Å². The van der Waals surface area contributed by atoms with E-state index in [1.807, 2.05) is 30.3 Å². The molecule has 0 saturated carbocycles. The molecule has 1 aromatic heterocycles. The van der Waals surface area contributed by atoms with Crippen molar-refractivity contribution < 1.29 is 4.79 Å². The number of carbonyl (C=O) groups is 1. The van der Waals surface area contributed by atoms with E-state index < -0.39 is 0 Å². The number of aromatic nitrogens is 3. The molecule has 2 aromatic rings. The molecule has 0 spiro atoms. The molecule has 0 aliphatic rings. The molecule has 16 heavy (non-hydrogen) atoms. The Balaban J connectivity index is 1.94. The summed E-state index contributed by atoms with van der Waals surface area (Å²) in [5.41, 5.74) is 1.39. The van der Waals surface area contributed by atoms with E-state index in [0.29, 0.717) is 12.2 Å². The van der Waals surface area contributed by atoms with Gasteiger partial charge in [0.15, 0.2) is 5.69 Å². The summed E-state index contributed by atoms with van der Waals surface area (Å²) in [6.07, 6.45) is 1.44. The Hall–Kier alpha value is -2.17. The molecule has 0 bridgehead atoms. The van der Waals surface area contributed by atoms with E-state index in [9.17, 15) is 4.79 Å². The van der Waals surface area contributed by atoms with Gasteiger partial charge in [-0.2, -0.15) is 9.90 Å².